The summed E-state index contributed by atoms with van der Waals surface area (Å²) >= 11 is 0. The van der Waals surface area contributed by atoms with E-state index >= 15 is 0 Å². The Kier molecular flexibility index (Phi) is 43.6. The standard InChI is InChI=1S/C72H122N14O41/c1-31(91)78-35(9-3-6-13-85-20-32(81-83-85)26-116-69-60(109)62(126-71-58(107)54(103)48(97)39(24-89)122-71)50(99)41(124-69)28-118-67-56(105)52(101)46(95)37(22-87)120-67)65(112)75-12-15-114-16-17-115-30-45(94)76-18-43(92)80-36(66(113)77-19-44(93)79-34(64(74)111)8-2-5-11-73)10-4-7-14-86-21-33(82-84-86)27-117-70-61(110)63(127-72-59(108)55(104)49(98)40(25-90)123-72)51(100)42(125-70)29-119-68-57(106)53(102)47(96)38(23-88)121-68/h20-21,34-42,46-63,67-72,87-90,95-110H,2-19,22-30,73H2,1H3,(H2,74,111)(H,75,112)(H,76,94)(H,77,113)(H,78,91)(H,79,93)(H,80,92)/t34-,35-,36-,37+,38+,39+,40+,41+,42+,46+,47+,48+,49+,50+,51+,52-,53-,54-,55-,56-,57-,58-,59-,60-,61-,62-,63-,67-,68-,69-,70-,71+,72+/m0/s1. The van der Waals surface area contributed by atoms with Gasteiger partial charge in [-0.25, -0.2) is 0 Å². The third kappa shape index (κ3) is 30.6. The van der Waals surface area contributed by atoms with E-state index in [2.05, 4.69) is 52.5 Å². The number of nitrogens with two attached hydrogens (primary N) is 2. The summed E-state index contributed by atoms with van der Waals surface area (Å²) in [7, 11) is 0. The summed E-state index contributed by atoms with van der Waals surface area (Å²) in [6, 6.07) is -3.36. The Balaban J connectivity index is 0.751. The minimum atomic E-state index is -2.00. The van der Waals surface area contributed by atoms with Gasteiger partial charge < -0.3 is 212 Å². The van der Waals surface area contributed by atoms with Gasteiger partial charge >= 0.3 is 0 Å². The first kappa shape index (κ1) is 106. The number of unbranched alkanes of at least 4 members (excludes halogenated alkanes) is 3. The van der Waals surface area contributed by atoms with Gasteiger partial charge in [0.1, 0.15) is 183 Å². The fourth-order valence-electron chi connectivity index (χ4n) is 14.1. The number of aryl methyl sites for hydroxylation is 2. The normalized spacial score (nSPS) is 34.2. The van der Waals surface area contributed by atoms with E-state index < -0.39 is 316 Å². The summed E-state index contributed by atoms with van der Waals surface area (Å²) in [5, 5.41) is 241. The predicted molar refractivity (Wildman–Crippen MR) is 410 cm³/mol. The number of aliphatic hydroxyl groups is 20. The van der Waals surface area contributed by atoms with Crippen molar-refractivity contribution in [3.8, 4) is 0 Å². The van der Waals surface area contributed by atoms with Crippen LogP contribution in [0.5, 0.6) is 0 Å². The third-order valence-corrected chi connectivity index (χ3v) is 21.3. The van der Waals surface area contributed by atoms with E-state index in [-0.39, 0.29) is 82.9 Å². The average molecular weight is 1840 g/mol. The Labute approximate surface area is 723 Å². The van der Waals surface area contributed by atoms with E-state index in [9.17, 15) is 136 Å². The smallest absolute Gasteiger partial charge is 0.246 e. The zero-order valence-electron chi connectivity index (χ0n) is 69.2. The number of nitrogens with one attached hydrogen (secondary N) is 6. The zero-order valence-corrected chi connectivity index (χ0v) is 69.2. The number of hydrogen-bond donors (Lipinski definition) is 28. The molecule has 0 saturated carbocycles. The second kappa shape index (κ2) is 52.4. The predicted octanol–water partition coefficient (Wildman–Crippen LogP) is -17.7. The Hall–Kier alpha value is -6.83. The van der Waals surface area contributed by atoms with Crippen molar-refractivity contribution in [2.24, 2.45) is 11.5 Å². The maximum Gasteiger partial charge on any atom is 0.246 e. The SMILES string of the molecule is CC(=O)N[C@@H](CCCCn1cc(CO[C@H]2O[C@H](CO[C@H]3O[C@H](CO)[C@@H](O)[C@H](O)[C@@H]3O)[C@@H](O)[C@H](O[C@H]3O[C@H](CO)[C@@H](O)[C@H](O)[C@@H]3O)[C@@H]2O)nn1)C(=O)NCCOCCOCC(=O)NCC(=O)N[C@@H](CCCCn1cc(CO[C@H]2O[C@H](CO[C@H]3O[C@H](CO)[C@@H](O)[C@H](O)[C@@H]3O)[C@@H](O)[C@H](O[C@H]3O[C@H](CO)[C@@H](O)[C@H](O)[C@@H]3O)[C@@H]2O)nn1)C(=O)NCC(=O)N[C@@H](CCCCN)C(N)=O. The summed E-state index contributed by atoms with van der Waals surface area (Å²) in [5.41, 5.74) is 11.4. The second-order valence-electron chi connectivity index (χ2n) is 30.9. The number of nitrogens with zero attached hydrogens (tertiary/aromatic N) is 6. The average Bonchev–Trinajstić information content (AvgIpc) is 1.20. The van der Waals surface area contributed by atoms with Gasteiger partial charge in [0, 0.05) is 26.6 Å². The van der Waals surface area contributed by atoms with Crippen LogP contribution in [-0.4, -0.2) is 468 Å². The molecule has 127 heavy (non-hydrogen) atoms. The van der Waals surface area contributed by atoms with Gasteiger partial charge in [0.05, 0.1) is 98.2 Å². The maximum atomic E-state index is 13.7. The summed E-state index contributed by atoms with van der Waals surface area (Å²) in [6.07, 6.45) is -47.6. The van der Waals surface area contributed by atoms with Gasteiger partial charge in [-0.05, 0) is 64.3 Å². The van der Waals surface area contributed by atoms with Crippen LogP contribution in [0.3, 0.4) is 0 Å². The van der Waals surface area contributed by atoms with Gasteiger partial charge in [0.15, 0.2) is 37.7 Å². The Morgan fingerprint density at radius 1 is 0.409 bits per heavy atom. The molecule has 55 nitrogen and oxygen atoms in total. The monoisotopic (exact) mass is 1840 g/mol. The molecule has 2 aromatic heterocycles. The largest absolute Gasteiger partial charge is 0.394 e. The van der Waals surface area contributed by atoms with Crippen molar-refractivity contribution < 1.29 is 202 Å². The first-order chi connectivity index (χ1) is 60.6. The molecule has 0 aromatic carbocycles. The number of carbonyl (C=O) groups excluding carboxylic acids is 7. The van der Waals surface area contributed by atoms with Crippen molar-refractivity contribution in [3.63, 3.8) is 0 Å². The Morgan fingerprint density at radius 3 is 1.20 bits per heavy atom. The second-order valence-corrected chi connectivity index (χ2v) is 30.9. The van der Waals surface area contributed by atoms with Gasteiger partial charge in [-0.3, -0.25) is 42.9 Å². The topological polar surface area (TPSA) is 839 Å². The molecular formula is C72H122N14O41. The molecule has 0 radical (unpaired) electrons. The highest BCUT2D eigenvalue weighted by atomic mass is 16.8. The molecule has 0 unspecified atom stereocenters. The summed E-state index contributed by atoms with van der Waals surface area (Å²) in [5.74, 6) is -5.04. The van der Waals surface area contributed by atoms with Crippen LogP contribution in [0.15, 0.2) is 12.4 Å². The molecule has 6 aliphatic rings. The zero-order chi connectivity index (χ0) is 92.9. The third-order valence-electron chi connectivity index (χ3n) is 21.3. The lowest BCUT2D eigenvalue weighted by atomic mass is 9.96. The molecular weight excluding hydrogens is 1720 g/mol. The maximum absolute atomic E-state index is 13.7. The molecule has 30 N–H and O–H groups in total. The van der Waals surface area contributed by atoms with Crippen molar-refractivity contribution in [2.75, 3.05) is 92.2 Å². The van der Waals surface area contributed by atoms with E-state index in [4.69, 9.17) is 77.8 Å². The first-order valence-corrected chi connectivity index (χ1v) is 41.3. The number of aromatic nitrogens is 6. The van der Waals surface area contributed by atoms with Gasteiger partial charge in [-0.1, -0.05) is 10.4 Å². The van der Waals surface area contributed by atoms with E-state index in [1.165, 1.54) is 28.7 Å². The number of aliphatic hydroxyl groups excluding tert-OH is 20. The Morgan fingerprint density at radius 2 is 0.780 bits per heavy atom. The van der Waals surface area contributed by atoms with E-state index in [0.717, 1.165) is 0 Å². The molecule has 8 heterocycles. The van der Waals surface area contributed by atoms with Gasteiger partial charge in [0.25, 0.3) is 0 Å². The lowest BCUT2D eigenvalue weighted by Gasteiger charge is -2.46. The summed E-state index contributed by atoms with van der Waals surface area (Å²) < 4.78 is 81.4. The molecule has 8 rings (SSSR count). The van der Waals surface area contributed by atoms with Gasteiger partial charge in [0.2, 0.25) is 41.4 Å². The number of carbonyl (C=O) groups is 7. The van der Waals surface area contributed by atoms with E-state index in [0.29, 0.717) is 32.2 Å². The quantitative estimate of drug-likeness (QED) is 0.0274. The minimum absolute atomic E-state index is 0.0103. The summed E-state index contributed by atoms with van der Waals surface area (Å²) in [6.45, 7) is -5.73. The van der Waals surface area contributed by atoms with Crippen LogP contribution in [-0.2, 0) is 126 Å². The van der Waals surface area contributed by atoms with Crippen LogP contribution in [0.1, 0.15) is 76.1 Å². The van der Waals surface area contributed by atoms with Crippen LogP contribution in [0.4, 0.5) is 0 Å². The van der Waals surface area contributed by atoms with Gasteiger partial charge in [-0.2, -0.15) is 0 Å². The molecule has 33 atom stereocenters. The van der Waals surface area contributed by atoms with Crippen molar-refractivity contribution in [1.29, 1.82) is 0 Å². The summed E-state index contributed by atoms with van der Waals surface area (Å²) in [4.78, 5) is 90.2. The van der Waals surface area contributed by atoms with Crippen LogP contribution in [0, 0.1) is 0 Å². The van der Waals surface area contributed by atoms with Crippen molar-refractivity contribution in [1.82, 2.24) is 61.9 Å². The molecule has 726 valence electrons. The highest BCUT2D eigenvalue weighted by Crippen LogP contribution is 2.35. The number of primary amides is 1. The molecule has 6 saturated heterocycles. The van der Waals surface area contributed by atoms with Crippen molar-refractivity contribution >= 4 is 41.4 Å². The molecule has 0 bridgehead atoms. The van der Waals surface area contributed by atoms with Crippen molar-refractivity contribution in [2.45, 2.75) is 293 Å². The molecule has 2 aromatic rings. The van der Waals surface area contributed by atoms with Gasteiger partial charge in [-0.15, -0.1) is 10.2 Å². The lowest BCUT2D eigenvalue weighted by Crippen LogP contribution is -2.65. The number of rotatable bonds is 52. The molecule has 0 spiro atoms. The number of amides is 7. The highest BCUT2D eigenvalue weighted by Gasteiger charge is 2.55. The first-order valence-electron chi connectivity index (χ1n) is 41.3. The highest BCUT2D eigenvalue weighted by molar-refractivity contribution is 5.93. The number of ether oxygens (including phenoxy) is 14. The van der Waals surface area contributed by atoms with Crippen LogP contribution < -0.4 is 43.4 Å². The fourth-order valence-corrected chi connectivity index (χ4v) is 14.1. The van der Waals surface area contributed by atoms with Crippen molar-refractivity contribution in [3.05, 3.63) is 23.8 Å². The molecule has 0 aliphatic carbocycles. The minimum Gasteiger partial charge on any atom is -0.394 e. The lowest BCUT2D eigenvalue weighted by molar-refractivity contribution is -0.367. The molecule has 55 heteroatoms. The van der Waals surface area contributed by atoms with Crippen LogP contribution in [0.25, 0.3) is 0 Å². The van der Waals surface area contributed by atoms with E-state index in [1.807, 2.05) is 0 Å². The fraction of sp³-hybridized carbons (Fsp3) is 0.847. The Bertz CT molecular complexity index is 3650. The molecule has 6 aliphatic heterocycles. The van der Waals surface area contributed by atoms with Crippen LogP contribution >= 0.6 is 0 Å². The molecule has 6 fully saturated rings. The van der Waals surface area contributed by atoms with Crippen LogP contribution in [0.2, 0.25) is 0 Å². The number of hydrogen-bond acceptors (Lipinski definition) is 46. The van der Waals surface area contributed by atoms with E-state index in [1.54, 1.807) is 0 Å². The molecule has 7 amide bonds.